The predicted octanol–water partition coefficient (Wildman–Crippen LogP) is 2.19. The lowest BCUT2D eigenvalue weighted by molar-refractivity contribution is -0.148. The van der Waals surface area contributed by atoms with Crippen molar-refractivity contribution in [1.29, 1.82) is 0 Å². The van der Waals surface area contributed by atoms with E-state index in [4.69, 9.17) is 5.11 Å². The van der Waals surface area contributed by atoms with Crippen molar-refractivity contribution in [2.45, 2.75) is 20.3 Å². The Kier molecular flexibility index (Phi) is 3.47. The van der Waals surface area contributed by atoms with E-state index in [0.717, 1.165) is 5.00 Å². The van der Waals surface area contributed by atoms with Crippen molar-refractivity contribution in [3.05, 3.63) is 17.5 Å². The molecule has 15 heavy (non-hydrogen) atoms. The van der Waals surface area contributed by atoms with Crippen LogP contribution >= 0.6 is 11.3 Å². The van der Waals surface area contributed by atoms with Crippen molar-refractivity contribution in [1.82, 2.24) is 0 Å². The number of amides is 1. The quantitative estimate of drug-likeness (QED) is 0.828. The summed E-state index contributed by atoms with van der Waals surface area (Å²) < 4.78 is 0. The predicted molar refractivity (Wildman–Crippen MR) is 59.0 cm³/mol. The number of hydrogen-bond donors (Lipinski definition) is 2. The minimum absolute atomic E-state index is 0.0275. The van der Waals surface area contributed by atoms with Crippen LogP contribution in [0, 0.1) is 5.41 Å². The largest absolute Gasteiger partial charge is 0.481 e. The summed E-state index contributed by atoms with van der Waals surface area (Å²) in [5.41, 5.74) is -1.03. The molecule has 82 valence electrons. The molecule has 0 aliphatic rings. The summed E-state index contributed by atoms with van der Waals surface area (Å²) >= 11 is 1.41. The molecule has 1 amide bonds. The summed E-state index contributed by atoms with van der Waals surface area (Å²) in [5, 5.41) is 14.1. The monoisotopic (exact) mass is 227 g/mol. The van der Waals surface area contributed by atoms with Gasteiger partial charge in [-0.2, -0.15) is 0 Å². The highest BCUT2D eigenvalue weighted by Crippen LogP contribution is 2.22. The van der Waals surface area contributed by atoms with Gasteiger partial charge in [0.05, 0.1) is 10.4 Å². The van der Waals surface area contributed by atoms with E-state index < -0.39 is 11.4 Å². The zero-order valence-corrected chi connectivity index (χ0v) is 9.43. The number of aliphatic carboxylic acids is 1. The molecule has 1 aromatic rings. The van der Waals surface area contributed by atoms with E-state index in [9.17, 15) is 9.59 Å². The van der Waals surface area contributed by atoms with Crippen molar-refractivity contribution in [2.75, 3.05) is 5.32 Å². The second kappa shape index (κ2) is 4.44. The maximum absolute atomic E-state index is 11.5. The van der Waals surface area contributed by atoms with Gasteiger partial charge in [-0.15, -0.1) is 11.3 Å². The van der Waals surface area contributed by atoms with E-state index in [1.54, 1.807) is 6.07 Å². The lowest BCUT2D eigenvalue weighted by Gasteiger charge is -2.17. The Balaban J connectivity index is 2.53. The Morgan fingerprint density at radius 2 is 2.20 bits per heavy atom. The molecule has 0 fully saturated rings. The van der Waals surface area contributed by atoms with Crippen molar-refractivity contribution in [2.24, 2.45) is 5.41 Å². The van der Waals surface area contributed by atoms with Crippen LogP contribution < -0.4 is 5.32 Å². The first-order valence-corrected chi connectivity index (χ1v) is 5.36. The molecule has 0 radical (unpaired) electrons. The van der Waals surface area contributed by atoms with Gasteiger partial charge in [0.2, 0.25) is 5.91 Å². The van der Waals surface area contributed by atoms with Crippen molar-refractivity contribution < 1.29 is 14.7 Å². The van der Waals surface area contributed by atoms with Gasteiger partial charge >= 0.3 is 5.97 Å². The Morgan fingerprint density at radius 1 is 1.53 bits per heavy atom. The fourth-order valence-electron chi connectivity index (χ4n) is 1.01. The van der Waals surface area contributed by atoms with Crippen molar-refractivity contribution in [3.8, 4) is 0 Å². The number of rotatable bonds is 4. The molecule has 2 N–H and O–H groups in total. The van der Waals surface area contributed by atoms with Gasteiger partial charge in [-0.25, -0.2) is 0 Å². The third-order valence-electron chi connectivity index (χ3n) is 1.97. The van der Waals surface area contributed by atoms with Crippen LogP contribution in [-0.4, -0.2) is 17.0 Å². The summed E-state index contributed by atoms with van der Waals surface area (Å²) in [6, 6.07) is 3.60. The highest BCUT2D eigenvalue weighted by molar-refractivity contribution is 7.14. The van der Waals surface area contributed by atoms with E-state index in [1.165, 1.54) is 25.2 Å². The maximum atomic E-state index is 11.5. The number of carbonyl (C=O) groups excluding carboxylic acids is 1. The highest BCUT2D eigenvalue weighted by Gasteiger charge is 2.30. The molecular weight excluding hydrogens is 214 g/mol. The summed E-state index contributed by atoms with van der Waals surface area (Å²) in [6.07, 6.45) is -0.0275. The molecule has 1 aromatic heterocycles. The molecule has 0 aliphatic carbocycles. The number of hydrogen-bond acceptors (Lipinski definition) is 3. The molecule has 5 heteroatoms. The van der Waals surface area contributed by atoms with Crippen LogP contribution in [0.15, 0.2) is 17.5 Å². The van der Waals surface area contributed by atoms with Gasteiger partial charge in [0.25, 0.3) is 0 Å². The van der Waals surface area contributed by atoms with Crippen molar-refractivity contribution >= 4 is 28.2 Å². The standard InChI is InChI=1S/C10H13NO3S/c1-10(2,9(13)14)6-7(12)11-8-4-3-5-15-8/h3-5H,6H2,1-2H3,(H,11,12)(H,13,14). The molecule has 0 unspecified atom stereocenters. The normalized spacial score (nSPS) is 11.1. The Hall–Kier alpha value is -1.36. The average Bonchev–Trinajstić information content (AvgIpc) is 2.54. The number of carboxylic acids is 1. The minimum Gasteiger partial charge on any atom is -0.481 e. The molecule has 0 atom stereocenters. The van der Waals surface area contributed by atoms with Gasteiger partial charge in [0.1, 0.15) is 0 Å². The molecule has 0 spiro atoms. The van der Waals surface area contributed by atoms with Gasteiger partial charge in [0, 0.05) is 6.42 Å². The highest BCUT2D eigenvalue weighted by atomic mass is 32.1. The fourth-order valence-corrected chi connectivity index (χ4v) is 1.64. The molecule has 0 aromatic carbocycles. The summed E-state index contributed by atoms with van der Waals surface area (Å²) in [5.74, 6) is -1.24. The van der Waals surface area contributed by atoms with Crippen LogP contribution in [0.5, 0.6) is 0 Å². The van der Waals surface area contributed by atoms with Gasteiger partial charge in [0.15, 0.2) is 0 Å². The first kappa shape index (κ1) is 11.7. The fraction of sp³-hybridized carbons (Fsp3) is 0.400. The third kappa shape index (κ3) is 3.36. The number of anilines is 1. The molecule has 4 nitrogen and oxygen atoms in total. The molecule has 1 heterocycles. The van der Waals surface area contributed by atoms with Gasteiger partial charge in [-0.05, 0) is 31.4 Å². The Bertz CT molecular complexity index is 357. The smallest absolute Gasteiger partial charge is 0.309 e. The maximum Gasteiger partial charge on any atom is 0.309 e. The molecule has 0 aliphatic heterocycles. The van der Waals surface area contributed by atoms with Crippen LogP contribution in [0.4, 0.5) is 5.00 Å². The van der Waals surface area contributed by atoms with E-state index in [0.29, 0.717) is 0 Å². The second-order valence-electron chi connectivity index (χ2n) is 3.89. The summed E-state index contributed by atoms with van der Waals surface area (Å²) in [4.78, 5) is 22.2. The zero-order chi connectivity index (χ0) is 11.5. The average molecular weight is 227 g/mol. The van der Waals surface area contributed by atoms with E-state index >= 15 is 0 Å². The van der Waals surface area contributed by atoms with Gasteiger partial charge in [-0.1, -0.05) is 0 Å². The number of carboxylic acid groups (broad SMARTS) is 1. The summed E-state index contributed by atoms with van der Waals surface area (Å²) in [6.45, 7) is 3.06. The SMILES string of the molecule is CC(C)(CC(=O)Nc1cccs1)C(=O)O. The summed E-state index contributed by atoms with van der Waals surface area (Å²) in [7, 11) is 0. The van der Waals surface area contributed by atoms with E-state index in [-0.39, 0.29) is 12.3 Å². The molecule has 1 rings (SSSR count). The zero-order valence-electron chi connectivity index (χ0n) is 8.61. The molecule has 0 bridgehead atoms. The van der Waals surface area contributed by atoms with Gasteiger partial charge in [-0.3, -0.25) is 9.59 Å². The first-order chi connectivity index (χ1) is 6.92. The number of carbonyl (C=O) groups is 2. The minimum atomic E-state index is -1.03. The van der Waals surface area contributed by atoms with Crippen molar-refractivity contribution in [3.63, 3.8) is 0 Å². The topological polar surface area (TPSA) is 66.4 Å². The Morgan fingerprint density at radius 3 is 2.67 bits per heavy atom. The van der Waals surface area contributed by atoms with Crippen LogP contribution in [0.25, 0.3) is 0 Å². The van der Waals surface area contributed by atoms with Crippen LogP contribution in [0.1, 0.15) is 20.3 Å². The third-order valence-corrected chi connectivity index (χ3v) is 2.75. The lowest BCUT2D eigenvalue weighted by atomic mass is 9.89. The second-order valence-corrected chi connectivity index (χ2v) is 4.84. The number of thiophene rings is 1. The molecular formula is C10H13NO3S. The lowest BCUT2D eigenvalue weighted by Crippen LogP contribution is -2.29. The van der Waals surface area contributed by atoms with Crippen LogP contribution in [-0.2, 0) is 9.59 Å². The first-order valence-electron chi connectivity index (χ1n) is 4.48. The molecule has 0 saturated carbocycles. The van der Waals surface area contributed by atoms with Gasteiger partial charge < -0.3 is 10.4 Å². The van der Waals surface area contributed by atoms with E-state index in [1.807, 2.05) is 11.4 Å². The van der Waals surface area contributed by atoms with Crippen LogP contribution in [0.2, 0.25) is 0 Å². The number of nitrogens with one attached hydrogen (secondary N) is 1. The van der Waals surface area contributed by atoms with E-state index in [2.05, 4.69) is 5.32 Å². The molecule has 0 saturated heterocycles. The Labute approximate surface area is 91.9 Å². The van der Waals surface area contributed by atoms with Crippen LogP contribution in [0.3, 0.4) is 0 Å².